The molecule has 0 fully saturated rings. The summed E-state index contributed by atoms with van der Waals surface area (Å²) in [7, 11) is 0. The molecular formula is C15H14N2O3. The van der Waals surface area contributed by atoms with Crippen LogP contribution in [0.25, 0.3) is 0 Å². The van der Waals surface area contributed by atoms with Crippen LogP contribution in [-0.2, 0) is 6.42 Å². The molecule has 0 bridgehead atoms. The van der Waals surface area contributed by atoms with Gasteiger partial charge in [-0.15, -0.1) is 0 Å². The lowest BCUT2D eigenvalue weighted by molar-refractivity contribution is 0.0858. The predicted molar refractivity (Wildman–Crippen MR) is 73.4 cm³/mol. The molecule has 20 heavy (non-hydrogen) atoms. The van der Waals surface area contributed by atoms with E-state index >= 15 is 0 Å². The summed E-state index contributed by atoms with van der Waals surface area (Å²) in [5, 5.41) is 12.9. The van der Waals surface area contributed by atoms with E-state index in [1.807, 2.05) is 24.3 Å². The average Bonchev–Trinajstić information content (AvgIpc) is 2.75. The molecule has 1 amide bonds. The van der Waals surface area contributed by atoms with Crippen LogP contribution in [0.3, 0.4) is 0 Å². The highest BCUT2D eigenvalue weighted by Crippen LogP contribution is 2.31. The number of fused-ring (bicyclic) bond motifs is 1. The number of hydrogen-bond donors (Lipinski definition) is 3. The second kappa shape index (κ2) is 4.94. The third kappa shape index (κ3) is 2.23. The summed E-state index contributed by atoms with van der Waals surface area (Å²) in [6.07, 6.45) is 1.31. The number of carbonyl (C=O) groups is 1. The van der Waals surface area contributed by atoms with Gasteiger partial charge < -0.3 is 15.4 Å². The van der Waals surface area contributed by atoms with Gasteiger partial charge in [0.25, 0.3) is 5.91 Å². The minimum absolute atomic E-state index is 0.283. The highest BCUT2D eigenvalue weighted by molar-refractivity contribution is 5.94. The third-order valence-corrected chi connectivity index (χ3v) is 3.53. The Morgan fingerprint density at radius 1 is 1.30 bits per heavy atom. The van der Waals surface area contributed by atoms with Crippen molar-refractivity contribution in [3.63, 3.8) is 0 Å². The molecule has 0 radical (unpaired) electrons. The molecule has 5 heteroatoms. The SMILES string of the molecule is O=C(N[C@@H]1c2ccccc2C[C@@H]1O)c1cc[nH]c(=O)c1. The van der Waals surface area contributed by atoms with Crippen LogP contribution in [0.5, 0.6) is 0 Å². The maximum atomic E-state index is 12.1. The lowest BCUT2D eigenvalue weighted by Crippen LogP contribution is -2.34. The Kier molecular flexibility index (Phi) is 3.12. The fourth-order valence-corrected chi connectivity index (χ4v) is 2.56. The van der Waals surface area contributed by atoms with Crippen molar-refractivity contribution in [3.8, 4) is 0 Å². The van der Waals surface area contributed by atoms with Crippen LogP contribution in [0.1, 0.15) is 27.5 Å². The lowest BCUT2D eigenvalue weighted by atomic mass is 10.1. The Labute approximate surface area is 115 Å². The van der Waals surface area contributed by atoms with Crippen LogP contribution in [0, 0.1) is 0 Å². The highest BCUT2D eigenvalue weighted by Gasteiger charge is 2.31. The van der Waals surface area contributed by atoms with Crippen molar-refractivity contribution in [2.24, 2.45) is 0 Å². The number of pyridine rings is 1. The number of rotatable bonds is 2. The first-order chi connectivity index (χ1) is 9.65. The van der Waals surface area contributed by atoms with Crippen LogP contribution in [-0.4, -0.2) is 22.1 Å². The van der Waals surface area contributed by atoms with Gasteiger partial charge in [0, 0.05) is 24.2 Å². The minimum Gasteiger partial charge on any atom is -0.390 e. The van der Waals surface area contributed by atoms with Gasteiger partial charge in [-0.05, 0) is 17.2 Å². The zero-order valence-electron chi connectivity index (χ0n) is 10.7. The maximum absolute atomic E-state index is 12.1. The van der Waals surface area contributed by atoms with Gasteiger partial charge in [0.2, 0.25) is 5.56 Å². The van der Waals surface area contributed by atoms with Gasteiger partial charge in [0.15, 0.2) is 0 Å². The number of aliphatic hydroxyl groups is 1. The Bertz CT molecular complexity index is 708. The number of benzene rings is 1. The van der Waals surface area contributed by atoms with Crippen molar-refractivity contribution in [2.75, 3.05) is 0 Å². The summed E-state index contributed by atoms with van der Waals surface area (Å²) in [4.78, 5) is 25.8. The number of aromatic amines is 1. The standard InChI is InChI=1S/C15H14N2O3/c18-12-7-9-3-1-2-4-11(9)14(12)17-15(20)10-5-6-16-13(19)8-10/h1-6,8,12,14,18H,7H2,(H,16,19)(H,17,20)/t12-,14+/m0/s1. The van der Waals surface area contributed by atoms with Gasteiger partial charge in [0.1, 0.15) is 0 Å². The zero-order chi connectivity index (χ0) is 14.1. The number of H-pyrrole nitrogens is 1. The average molecular weight is 270 g/mol. The van der Waals surface area contributed by atoms with E-state index in [0.717, 1.165) is 11.1 Å². The van der Waals surface area contributed by atoms with Gasteiger partial charge in [-0.1, -0.05) is 24.3 Å². The molecule has 3 rings (SSSR count). The molecule has 0 saturated heterocycles. The Balaban J connectivity index is 1.85. The molecule has 0 spiro atoms. The molecule has 102 valence electrons. The summed E-state index contributed by atoms with van der Waals surface area (Å²) >= 11 is 0. The lowest BCUT2D eigenvalue weighted by Gasteiger charge is -2.17. The van der Waals surface area contributed by atoms with Crippen LogP contribution < -0.4 is 10.9 Å². The molecule has 3 N–H and O–H groups in total. The van der Waals surface area contributed by atoms with E-state index in [0.29, 0.717) is 6.42 Å². The Morgan fingerprint density at radius 3 is 2.90 bits per heavy atom. The number of aliphatic hydroxyl groups excluding tert-OH is 1. The summed E-state index contributed by atoms with van der Waals surface area (Å²) in [6, 6.07) is 9.96. The van der Waals surface area contributed by atoms with E-state index in [1.165, 1.54) is 18.3 Å². The molecule has 1 aliphatic rings. The molecular weight excluding hydrogens is 256 g/mol. The maximum Gasteiger partial charge on any atom is 0.252 e. The van der Waals surface area contributed by atoms with Crippen LogP contribution in [0.2, 0.25) is 0 Å². The molecule has 0 aliphatic heterocycles. The third-order valence-electron chi connectivity index (χ3n) is 3.53. The first-order valence-corrected chi connectivity index (χ1v) is 6.40. The fraction of sp³-hybridized carbons (Fsp3) is 0.200. The van der Waals surface area contributed by atoms with Gasteiger partial charge in [0.05, 0.1) is 12.1 Å². The normalized spacial score (nSPS) is 20.4. The minimum atomic E-state index is -0.640. The van der Waals surface area contributed by atoms with Crippen molar-refractivity contribution in [1.29, 1.82) is 0 Å². The van der Waals surface area contributed by atoms with Crippen LogP contribution in [0.4, 0.5) is 0 Å². The summed E-state index contributed by atoms with van der Waals surface area (Å²) in [5.74, 6) is -0.364. The number of hydrogen-bond acceptors (Lipinski definition) is 3. The van der Waals surface area contributed by atoms with Crippen LogP contribution in [0.15, 0.2) is 47.4 Å². The first kappa shape index (κ1) is 12.6. The fourth-order valence-electron chi connectivity index (χ4n) is 2.56. The Morgan fingerprint density at radius 2 is 2.10 bits per heavy atom. The van der Waals surface area contributed by atoms with E-state index in [2.05, 4.69) is 10.3 Å². The van der Waals surface area contributed by atoms with E-state index in [-0.39, 0.29) is 17.0 Å². The molecule has 2 atom stereocenters. The summed E-state index contributed by atoms with van der Waals surface area (Å²) in [6.45, 7) is 0. The number of amides is 1. The number of aromatic nitrogens is 1. The van der Waals surface area contributed by atoms with E-state index in [4.69, 9.17) is 0 Å². The van der Waals surface area contributed by atoms with Crippen molar-refractivity contribution < 1.29 is 9.90 Å². The highest BCUT2D eigenvalue weighted by atomic mass is 16.3. The molecule has 0 saturated carbocycles. The zero-order valence-corrected chi connectivity index (χ0v) is 10.7. The second-order valence-electron chi connectivity index (χ2n) is 4.86. The number of nitrogens with one attached hydrogen (secondary N) is 2. The topological polar surface area (TPSA) is 82.2 Å². The van der Waals surface area contributed by atoms with Crippen molar-refractivity contribution in [1.82, 2.24) is 10.3 Å². The Hall–Kier alpha value is -2.40. The second-order valence-corrected chi connectivity index (χ2v) is 4.86. The van der Waals surface area contributed by atoms with E-state index in [1.54, 1.807) is 0 Å². The largest absolute Gasteiger partial charge is 0.390 e. The summed E-state index contributed by atoms with van der Waals surface area (Å²) < 4.78 is 0. The monoisotopic (exact) mass is 270 g/mol. The molecule has 1 aromatic carbocycles. The molecule has 0 unspecified atom stereocenters. The molecule has 1 aromatic heterocycles. The molecule has 5 nitrogen and oxygen atoms in total. The van der Waals surface area contributed by atoms with Gasteiger partial charge in [-0.2, -0.15) is 0 Å². The quantitative estimate of drug-likeness (QED) is 0.753. The smallest absolute Gasteiger partial charge is 0.252 e. The molecule has 1 aliphatic carbocycles. The van der Waals surface area contributed by atoms with Crippen molar-refractivity contribution >= 4 is 5.91 Å². The van der Waals surface area contributed by atoms with E-state index in [9.17, 15) is 14.7 Å². The molecule has 2 aromatic rings. The van der Waals surface area contributed by atoms with Crippen LogP contribution >= 0.6 is 0 Å². The van der Waals surface area contributed by atoms with Gasteiger partial charge >= 0.3 is 0 Å². The van der Waals surface area contributed by atoms with Crippen molar-refractivity contribution in [2.45, 2.75) is 18.6 Å². The molecule has 1 heterocycles. The van der Waals surface area contributed by atoms with Gasteiger partial charge in [-0.3, -0.25) is 9.59 Å². The van der Waals surface area contributed by atoms with Gasteiger partial charge in [-0.25, -0.2) is 0 Å². The number of carbonyl (C=O) groups excluding carboxylic acids is 1. The van der Waals surface area contributed by atoms with E-state index < -0.39 is 12.1 Å². The predicted octanol–water partition coefficient (Wildman–Crippen LogP) is 0.763. The summed E-state index contributed by atoms with van der Waals surface area (Å²) in [5.41, 5.74) is 1.92. The van der Waals surface area contributed by atoms with Crippen molar-refractivity contribution in [3.05, 3.63) is 69.6 Å². The first-order valence-electron chi connectivity index (χ1n) is 6.40.